The summed E-state index contributed by atoms with van der Waals surface area (Å²) in [6.07, 6.45) is -3.96. The van der Waals surface area contributed by atoms with E-state index in [1.54, 1.807) is 19.1 Å². The first-order chi connectivity index (χ1) is 16.5. The van der Waals surface area contributed by atoms with Gasteiger partial charge >= 0.3 is 12.2 Å². The fourth-order valence-corrected chi connectivity index (χ4v) is 4.38. The van der Waals surface area contributed by atoms with Crippen LogP contribution < -0.4 is 20.4 Å². The Morgan fingerprint density at radius 3 is 2.71 bits per heavy atom. The van der Waals surface area contributed by atoms with Gasteiger partial charge in [-0.3, -0.25) is 20.1 Å². The average Bonchev–Trinajstić information content (AvgIpc) is 3.37. The van der Waals surface area contributed by atoms with Crippen molar-refractivity contribution in [1.29, 1.82) is 0 Å². The van der Waals surface area contributed by atoms with Gasteiger partial charge in [0.25, 0.3) is 5.91 Å². The topological polar surface area (TPSA) is 132 Å². The molecule has 0 aromatic carbocycles. The highest BCUT2D eigenvalue weighted by Gasteiger charge is 2.43. The zero-order chi connectivity index (χ0) is 25.1. The summed E-state index contributed by atoms with van der Waals surface area (Å²) < 4.78 is 38.8. The maximum atomic E-state index is 13.4. The molecule has 3 aromatic heterocycles. The largest absolute Gasteiger partial charge is 0.408 e. The zero-order valence-electron chi connectivity index (χ0n) is 19.1. The molecule has 1 saturated heterocycles. The summed E-state index contributed by atoms with van der Waals surface area (Å²) in [5.41, 5.74) is 2.26. The summed E-state index contributed by atoms with van der Waals surface area (Å²) in [4.78, 5) is 42.1. The molecule has 14 heteroatoms. The van der Waals surface area contributed by atoms with Crippen LogP contribution in [-0.2, 0) is 0 Å². The number of rotatable bonds is 3. The van der Waals surface area contributed by atoms with E-state index in [4.69, 9.17) is 0 Å². The second-order valence-electron chi connectivity index (χ2n) is 8.65. The number of nitrogens with one attached hydrogen (secondary N) is 3. The molecule has 1 unspecified atom stereocenters. The molecule has 0 spiro atoms. The monoisotopic (exact) mass is 489 g/mol. The third kappa shape index (κ3) is 3.98. The normalized spacial score (nSPS) is 17.9. The molecule has 2 aliphatic heterocycles. The Morgan fingerprint density at radius 1 is 1.20 bits per heavy atom. The van der Waals surface area contributed by atoms with Gasteiger partial charge in [0.05, 0.1) is 17.1 Å². The van der Waals surface area contributed by atoms with Crippen LogP contribution in [-0.4, -0.2) is 68.4 Å². The quantitative estimate of drug-likeness (QED) is 0.515. The molecule has 3 amide bonds. The number of amides is 3. The number of aromatic nitrogens is 5. The van der Waals surface area contributed by atoms with Crippen molar-refractivity contribution in [2.45, 2.75) is 45.5 Å². The highest BCUT2D eigenvalue weighted by Crippen LogP contribution is 2.40. The molecule has 3 N–H and O–H groups in total. The van der Waals surface area contributed by atoms with Crippen LogP contribution in [0.5, 0.6) is 0 Å². The van der Waals surface area contributed by atoms with Gasteiger partial charge < -0.3 is 10.2 Å². The van der Waals surface area contributed by atoms with E-state index >= 15 is 0 Å². The van der Waals surface area contributed by atoms with Crippen LogP contribution in [0.15, 0.2) is 12.1 Å². The van der Waals surface area contributed by atoms with Crippen LogP contribution in [0.4, 0.5) is 35.3 Å². The van der Waals surface area contributed by atoms with Crippen LogP contribution in [0, 0.1) is 13.8 Å². The van der Waals surface area contributed by atoms with Crippen molar-refractivity contribution in [2.24, 2.45) is 0 Å². The van der Waals surface area contributed by atoms with E-state index in [1.165, 1.54) is 4.90 Å². The first kappa shape index (κ1) is 22.8. The molecule has 2 bridgehead atoms. The average molecular weight is 489 g/mol. The van der Waals surface area contributed by atoms with Gasteiger partial charge in [0.1, 0.15) is 11.7 Å². The van der Waals surface area contributed by atoms with Crippen molar-refractivity contribution in [3.8, 4) is 0 Å². The van der Waals surface area contributed by atoms with Gasteiger partial charge in [-0.15, -0.1) is 0 Å². The molecule has 5 rings (SSSR count). The van der Waals surface area contributed by atoms with Gasteiger partial charge in [-0.2, -0.15) is 18.3 Å². The van der Waals surface area contributed by atoms with E-state index in [0.29, 0.717) is 41.9 Å². The minimum atomic E-state index is -4.62. The lowest BCUT2D eigenvalue weighted by Crippen LogP contribution is -2.49. The minimum absolute atomic E-state index is 0.169. The number of fused-ring (bicyclic) bond motifs is 5. The second-order valence-corrected chi connectivity index (χ2v) is 8.65. The van der Waals surface area contributed by atoms with Gasteiger partial charge in [-0.05, 0) is 39.3 Å². The minimum Gasteiger partial charge on any atom is -0.365 e. The molecule has 184 valence electrons. The number of anilines is 3. The molecule has 5 heterocycles. The van der Waals surface area contributed by atoms with Gasteiger partial charge in [0.15, 0.2) is 17.3 Å². The van der Waals surface area contributed by atoms with Crippen LogP contribution >= 0.6 is 0 Å². The molecule has 11 nitrogen and oxygen atoms in total. The van der Waals surface area contributed by atoms with Crippen molar-refractivity contribution in [3.63, 3.8) is 0 Å². The zero-order valence-corrected chi connectivity index (χ0v) is 19.1. The number of carbonyl (C=O) groups is 2. The number of halogens is 3. The number of nitrogens with zero attached hydrogens (tertiary/aromatic N) is 6. The summed E-state index contributed by atoms with van der Waals surface area (Å²) in [7, 11) is 0. The number of pyridine rings is 1. The van der Waals surface area contributed by atoms with E-state index in [1.807, 2.05) is 17.1 Å². The predicted molar refractivity (Wildman–Crippen MR) is 120 cm³/mol. The fraction of sp³-hybridized carbons (Fsp3) is 0.429. The van der Waals surface area contributed by atoms with E-state index in [9.17, 15) is 22.8 Å². The lowest BCUT2D eigenvalue weighted by atomic mass is 10.1. The summed E-state index contributed by atoms with van der Waals surface area (Å²) in [6, 6.07) is 0.725. The molecule has 2 aliphatic rings. The molecule has 3 aromatic rings. The highest BCUT2D eigenvalue weighted by molar-refractivity contribution is 6.08. The van der Waals surface area contributed by atoms with E-state index in [2.05, 4.69) is 30.5 Å². The van der Waals surface area contributed by atoms with Crippen molar-refractivity contribution < 1.29 is 22.8 Å². The van der Waals surface area contributed by atoms with Crippen LogP contribution in [0.25, 0.3) is 11.0 Å². The number of carbonyl (C=O) groups excluding carboxylic acids is 2. The highest BCUT2D eigenvalue weighted by atomic mass is 19.4. The lowest BCUT2D eigenvalue weighted by molar-refractivity contribution is -0.149. The Bertz CT molecular complexity index is 1340. The van der Waals surface area contributed by atoms with Gasteiger partial charge in [0.2, 0.25) is 5.82 Å². The summed E-state index contributed by atoms with van der Waals surface area (Å²) in [5, 5.41) is 12.2. The number of urea groups is 1. The third-order valence-corrected chi connectivity index (χ3v) is 6.16. The number of alkyl halides is 3. The molecule has 0 aliphatic carbocycles. The Balaban J connectivity index is 1.49. The molecule has 1 fully saturated rings. The van der Waals surface area contributed by atoms with Gasteiger partial charge in [0, 0.05) is 18.8 Å². The number of hydrogen-bond donors (Lipinski definition) is 3. The Kier molecular flexibility index (Phi) is 5.25. The standard InChI is InChI=1S/C21H22F3N9O2/c1-9-4-5-13-15(25-9)30-31-16(13)29-20(35)33-12-6-7-32(8-12)14-10(2)26-17(28-18(14)33)19(34)27-11(3)21(22,23)24/h4-5,11-12H,6-8H2,1-3H3,(H,27,34)(H2,25,29,30,31,35)/t11?,12-/m0/s1. The van der Waals surface area contributed by atoms with E-state index in [0.717, 1.165) is 12.6 Å². The summed E-state index contributed by atoms with van der Waals surface area (Å²) >= 11 is 0. The molecule has 0 saturated carbocycles. The SMILES string of the molecule is Cc1ccc2c(NC(=O)N3c4nc(C(=O)NC(C)C(F)(F)F)nc(C)c4N4CC[C@H]3C4)n[nH]c2n1. The van der Waals surface area contributed by atoms with E-state index in [-0.39, 0.29) is 17.7 Å². The van der Waals surface area contributed by atoms with Gasteiger partial charge in [-0.1, -0.05) is 0 Å². The number of hydrogen-bond acceptors (Lipinski definition) is 7. The Morgan fingerprint density at radius 2 is 1.97 bits per heavy atom. The van der Waals surface area contributed by atoms with Crippen LogP contribution in [0.3, 0.4) is 0 Å². The Labute approximate surface area is 197 Å². The molecule has 2 atom stereocenters. The van der Waals surface area contributed by atoms with Crippen molar-refractivity contribution >= 4 is 40.3 Å². The Hall–Kier alpha value is -3.97. The molecule has 0 radical (unpaired) electrons. The van der Waals surface area contributed by atoms with E-state index < -0.39 is 30.0 Å². The molecular formula is C21H22F3N9O2. The summed E-state index contributed by atoms with van der Waals surface area (Å²) in [6.45, 7) is 5.49. The van der Waals surface area contributed by atoms with Crippen LogP contribution in [0.1, 0.15) is 35.4 Å². The van der Waals surface area contributed by atoms with Gasteiger partial charge in [-0.25, -0.2) is 19.7 Å². The molecular weight excluding hydrogens is 467 g/mol. The number of aryl methyl sites for hydroxylation is 2. The maximum Gasteiger partial charge on any atom is 0.408 e. The maximum absolute atomic E-state index is 13.4. The first-order valence-corrected chi connectivity index (χ1v) is 11.0. The van der Waals surface area contributed by atoms with Crippen molar-refractivity contribution in [2.75, 3.05) is 28.2 Å². The smallest absolute Gasteiger partial charge is 0.365 e. The second kappa shape index (κ2) is 8.06. The first-order valence-electron chi connectivity index (χ1n) is 11.0. The van der Waals surface area contributed by atoms with Crippen molar-refractivity contribution in [3.05, 3.63) is 29.3 Å². The predicted octanol–water partition coefficient (Wildman–Crippen LogP) is 2.68. The summed E-state index contributed by atoms with van der Waals surface area (Å²) in [5.74, 6) is -1.07. The third-order valence-electron chi connectivity index (χ3n) is 6.16. The fourth-order valence-electron chi connectivity index (χ4n) is 4.38. The molecule has 35 heavy (non-hydrogen) atoms. The number of aromatic amines is 1. The van der Waals surface area contributed by atoms with Crippen molar-refractivity contribution in [1.82, 2.24) is 30.5 Å². The van der Waals surface area contributed by atoms with Crippen LogP contribution in [0.2, 0.25) is 0 Å². The number of H-pyrrole nitrogens is 1. The lowest BCUT2D eigenvalue weighted by Gasteiger charge is -2.36.